The van der Waals surface area contributed by atoms with Crippen LogP contribution in [0.2, 0.25) is 0 Å². The van der Waals surface area contributed by atoms with Crippen LogP contribution in [0.3, 0.4) is 0 Å². The Hall–Kier alpha value is -3.00. The number of aliphatic hydroxyl groups is 1. The van der Waals surface area contributed by atoms with E-state index in [2.05, 4.69) is 35.7 Å². The van der Waals surface area contributed by atoms with Crippen LogP contribution in [0.1, 0.15) is 50.2 Å². The second-order valence-corrected chi connectivity index (χ2v) is 11.4. The predicted octanol–water partition coefficient (Wildman–Crippen LogP) is 2.42. The molecule has 0 saturated carbocycles. The summed E-state index contributed by atoms with van der Waals surface area (Å²) in [5.74, 6) is 6.18. The number of ether oxygens (including phenoxy) is 1. The number of carbonyl (C=O) groups is 1. The summed E-state index contributed by atoms with van der Waals surface area (Å²) in [7, 11) is -2.30. The zero-order valence-electron chi connectivity index (χ0n) is 21.4. The summed E-state index contributed by atoms with van der Waals surface area (Å²) in [4.78, 5) is 22.4. The number of nitrogens with zero attached hydrogens (tertiary/aromatic N) is 4. The maximum atomic E-state index is 13.6. The normalized spacial score (nSPS) is 20.2. The molecule has 1 N–H and O–H groups in total. The fourth-order valence-electron chi connectivity index (χ4n) is 3.84. The van der Waals surface area contributed by atoms with E-state index in [0.717, 1.165) is 0 Å². The molecule has 3 atom stereocenters. The molecule has 0 bridgehead atoms. The average Bonchev–Trinajstić information content (AvgIpc) is 2.85. The highest BCUT2D eigenvalue weighted by molar-refractivity contribution is 7.89. The molecular formula is C26H34N4O5S. The fourth-order valence-corrected chi connectivity index (χ4v) is 5.66. The van der Waals surface area contributed by atoms with Crippen LogP contribution in [0, 0.1) is 23.7 Å². The third-order valence-corrected chi connectivity index (χ3v) is 8.01. The number of likely N-dealkylation sites (N-methyl/N-ethyl adjacent to an activating group) is 1. The Labute approximate surface area is 213 Å². The number of benzene rings is 1. The number of aliphatic hydroxyl groups excluding tert-OH is 1. The minimum absolute atomic E-state index is 0.0111. The standard InChI is InChI=1S/C26H34N4O5S/c1-18(2)7-6-8-21-9-10-25-23(13-21)35-24(16-29(5)26(32)22-14-27-11-12-28-22)19(3)15-30(20(4)17-31)36(25,33)34/h9-14,18-20,24,31H,7,15-17H2,1-5H3/t19-,20-,24-/m0/s1. The van der Waals surface area contributed by atoms with Gasteiger partial charge in [-0.25, -0.2) is 13.4 Å². The van der Waals surface area contributed by atoms with Gasteiger partial charge in [0.25, 0.3) is 5.91 Å². The van der Waals surface area contributed by atoms with Crippen LogP contribution in [-0.4, -0.2) is 77.5 Å². The lowest BCUT2D eigenvalue weighted by Crippen LogP contribution is -2.50. The van der Waals surface area contributed by atoms with Gasteiger partial charge >= 0.3 is 0 Å². The number of sulfonamides is 1. The molecule has 2 aromatic rings. The van der Waals surface area contributed by atoms with Gasteiger partial charge in [0.1, 0.15) is 22.4 Å². The van der Waals surface area contributed by atoms with Crippen molar-refractivity contribution < 1.29 is 23.1 Å². The molecule has 1 aromatic carbocycles. The number of amides is 1. The summed E-state index contributed by atoms with van der Waals surface area (Å²) in [6, 6.07) is 4.17. The molecule has 0 saturated heterocycles. The molecule has 10 heteroatoms. The monoisotopic (exact) mass is 514 g/mol. The van der Waals surface area contributed by atoms with Crippen LogP contribution >= 0.6 is 0 Å². The van der Waals surface area contributed by atoms with E-state index in [1.807, 2.05) is 6.92 Å². The fraction of sp³-hybridized carbons (Fsp3) is 0.500. The maximum Gasteiger partial charge on any atom is 0.273 e. The zero-order chi connectivity index (χ0) is 26.5. The van der Waals surface area contributed by atoms with E-state index >= 15 is 0 Å². The molecule has 1 aliphatic heterocycles. The summed E-state index contributed by atoms with van der Waals surface area (Å²) in [5.41, 5.74) is 0.849. The molecule has 3 rings (SSSR count). The SMILES string of the molecule is CC(C)CC#Cc1ccc2c(c1)O[C@@H](CN(C)C(=O)c1cnccn1)[C@@H](C)CN([C@@H](C)CO)S2(=O)=O. The van der Waals surface area contributed by atoms with Gasteiger partial charge in [-0.15, -0.1) is 0 Å². The highest BCUT2D eigenvalue weighted by atomic mass is 32.2. The highest BCUT2D eigenvalue weighted by Gasteiger charge is 2.38. The van der Waals surface area contributed by atoms with Crippen molar-refractivity contribution in [3.05, 3.63) is 48.0 Å². The maximum absolute atomic E-state index is 13.6. The Kier molecular flexibility index (Phi) is 9.06. The van der Waals surface area contributed by atoms with Crippen molar-refractivity contribution >= 4 is 15.9 Å². The van der Waals surface area contributed by atoms with E-state index in [9.17, 15) is 18.3 Å². The minimum Gasteiger partial charge on any atom is -0.487 e. The van der Waals surface area contributed by atoms with E-state index in [1.54, 1.807) is 26.1 Å². The first-order valence-electron chi connectivity index (χ1n) is 12.0. The second-order valence-electron chi connectivity index (χ2n) is 9.58. The smallest absolute Gasteiger partial charge is 0.273 e. The van der Waals surface area contributed by atoms with Crippen LogP contribution < -0.4 is 4.74 Å². The molecule has 36 heavy (non-hydrogen) atoms. The first kappa shape index (κ1) is 27.6. The van der Waals surface area contributed by atoms with E-state index in [0.29, 0.717) is 17.9 Å². The molecule has 0 unspecified atom stereocenters. The van der Waals surface area contributed by atoms with Gasteiger partial charge in [0, 0.05) is 49.9 Å². The minimum atomic E-state index is -3.95. The Balaban J connectivity index is 2.00. The highest BCUT2D eigenvalue weighted by Crippen LogP contribution is 2.34. The van der Waals surface area contributed by atoms with Gasteiger partial charge in [-0.1, -0.05) is 32.6 Å². The average molecular weight is 515 g/mol. The Bertz CT molecular complexity index is 1220. The molecule has 9 nitrogen and oxygen atoms in total. The molecule has 194 valence electrons. The summed E-state index contributed by atoms with van der Waals surface area (Å²) in [5, 5.41) is 9.79. The van der Waals surface area contributed by atoms with Crippen LogP contribution in [0.15, 0.2) is 41.7 Å². The molecular weight excluding hydrogens is 480 g/mol. The van der Waals surface area contributed by atoms with Crippen molar-refractivity contribution in [3.63, 3.8) is 0 Å². The van der Waals surface area contributed by atoms with Crippen LogP contribution in [-0.2, 0) is 10.0 Å². The lowest BCUT2D eigenvalue weighted by Gasteiger charge is -2.37. The number of aromatic nitrogens is 2. The number of rotatable bonds is 6. The number of hydrogen-bond donors (Lipinski definition) is 1. The van der Waals surface area contributed by atoms with Crippen molar-refractivity contribution in [1.29, 1.82) is 0 Å². The third kappa shape index (κ3) is 6.40. The predicted molar refractivity (Wildman–Crippen MR) is 136 cm³/mol. The number of carbonyl (C=O) groups excluding carboxylic acids is 1. The van der Waals surface area contributed by atoms with Crippen molar-refractivity contribution in [2.24, 2.45) is 11.8 Å². The van der Waals surface area contributed by atoms with Crippen LogP contribution in [0.5, 0.6) is 5.75 Å². The van der Waals surface area contributed by atoms with E-state index in [1.165, 1.54) is 33.9 Å². The number of fused-ring (bicyclic) bond motifs is 1. The second kappa shape index (κ2) is 11.8. The Morgan fingerprint density at radius 2 is 2.06 bits per heavy atom. The quantitative estimate of drug-likeness (QED) is 0.589. The van der Waals surface area contributed by atoms with Crippen molar-refractivity contribution in [2.75, 3.05) is 26.7 Å². The summed E-state index contributed by atoms with van der Waals surface area (Å²) >= 11 is 0. The van der Waals surface area contributed by atoms with Gasteiger partial charge in [-0.3, -0.25) is 9.78 Å². The van der Waals surface area contributed by atoms with Gasteiger partial charge in [0.2, 0.25) is 10.0 Å². The first-order chi connectivity index (χ1) is 17.0. The van der Waals surface area contributed by atoms with E-state index in [-0.39, 0.29) is 47.9 Å². The molecule has 0 spiro atoms. The molecule has 0 fully saturated rings. The van der Waals surface area contributed by atoms with Gasteiger partial charge in [-0.2, -0.15) is 4.31 Å². The molecule has 2 heterocycles. The molecule has 0 aliphatic carbocycles. The lowest BCUT2D eigenvalue weighted by atomic mass is 10.0. The van der Waals surface area contributed by atoms with Gasteiger partial charge in [0.05, 0.1) is 19.3 Å². The molecule has 1 aromatic heterocycles. The van der Waals surface area contributed by atoms with Crippen molar-refractivity contribution in [1.82, 2.24) is 19.2 Å². The summed E-state index contributed by atoms with van der Waals surface area (Å²) in [6.07, 6.45) is 4.53. The van der Waals surface area contributed by atoms with Crippen LogP contribution in [0.4, 0.5) is 0 Å². The molecule has 1 amide bonds. The summed E-state index contributed by atoms with van der Waals surface area (Å²) < 4.78 is 34.8. The molecule has 1 aliphatic rings. The largest absolute Gasteiger partial charge is 0.487 e. The van der Waals surface area contributed by atoms with Crippen molar-refractivity contribution in [2.45, 2.75) is 51.2 Å². The zero-order valence-corrected chi connectivity index (χ0v) is 22.2. The van der Waals surface area contributed by atoms with E-state index in [4.69, 9.17) is 4.74 Å². The topological polar surface area (TPSA) is 113 Å². The Morgan fingerprint density at radius 1 is 1.31 bits per heavy atom. The molecule has 0 radical (unpaired) electrons. The van der Waals surface area contributed by atoms with Crippen LogP contribution in [0.25, 0.3) is 0 Å². The van der Waals surface area contributed by atoms with Gasteiger partial charge < -0.3 is 14.7 Å². The number of hydrogen-bond acceptors (Lipinski definition) is 7. The Morgan fingerprint density at radius 3 is 2.69 bits per heavy atom. The van der Waals surface area contributed by atoms with Gasteiger partial charge in [0.15, 0.2) is 0 Å². The third-order valence-electron chi connectivity index (χ3n) is 5.99. The first-order valence-corrected chi connectivity index (χ1v) is 13.4. The van der Waals surface area contributed by atoms with Crippen molar-refractivity contribution in [3.8, 4) is 17.6 Å². The summed E-state index contributed by atoms with van der Waals surface area (Å²) in [6.45, 7) is 7.68. The lowest BCUT2D eigenvalue weighted by molar-refractivity contribution is 0.0559. The van der Waals surface area contributed by atoms with Gasteiger partial charge in [-0.05, 0) is 31.0 Å². The van der Waals surface area contributed by atoms with E-state index < -0.39 is 22.2 Å².